The molecule has 16 heavy (non-hydrogen) atoms. The van der Waals surface area contributed by atoms with Crippen molar-refractivity contribution in [2.45, 2.75) is 0 Å². The maximum atomic E-state index is 11.6. The molecule has 0 spiro atoms. The summed E-state index contributed by atoms with van der Waals surface area (Å²) in [6.45, 7) is 0. The highest BCUT2D eigenvalue weighted by atomic mass is 79.9. The summed E-state index contributed by atoms with van der Waals surface area (Å²) in [6.07, 6.45) is 0. The van der Waals surface area contributed by atoms with E-state index in [0.717, 1.165) is 0 Å². The largest absolute Gasteiger partial charge is 0.504 e. The fourth-order valence-electron chi connectivity index (χ4n) is 1.42. The van der Waals surface area contributed by atoms with Crippen LogP contribution in [0.1, 0.15) is 5.69 Å². The fourth-order valence-corrected chi connectivity index (χ4v) is 1.87. The SMILES string of the molecule is Cn1c(=O)c(Br)c(O)c2nc(C#N)ccc21. The van der Waals surface area contributed by atoms with Gasteiger partial charge in [0.2, 0.25) is 0 Å². The smallest absolute Gasteiger partial charge is 0.268 e. The van der Waals surface area contributed by atoms with Crippen LogP contribution in [0.4, 0.5) is 0 Å². The molecule has 0 aliphatic rings. The molecule has 0 saturated carbocycles. The number of pyridine rings is 2. The number of aryl methyl sites for hydroxylation is 1. The lowest BCUT2D eigenvalue weighted by atomic mass is 10.2. The van der Waals surface area contributed by atoms with Gasteiger partial charge in [-0.1, -0.05) is 0 Å². The number of nitrogens with zero attached hydrogens (tertiary/aromatic N) is 3. The lowest BCUT2D eigenvalue weighted by Gasteiger charge is -2.07. The molecule has 0 saturated heterocycles. The molecule has 0 bridgehead atoms. The first-order valence-corrected chi connectivity index (χ1v) is 5.14. The van der Waals surface area contributed by atoms with E-state index in [1.807, 2.05) is 6.07 Å². The van der Waals surface area contributed by atoms with Gasteiger partial charge in [-0.25, -0.2) is 4.98 Å². The molecule has 80 valence electrons. The highest BCUT2D eigenvalue weighted by Crippen LogP contribution is 2.27. The predicted octanol–water partition coefficient (Wildman–Crippen LogP) is 1.27. The van der Waals surface area contributed by atoms with Gasteiger partial charge in [0.1, 0.15) is 21.8 Å². The molecular weight excluding hydrogens is 274 g/mol. The van der Waals surface area contributed by atoms with E-state index in [0.29, 0.717) is 5.52 Å². The number of rotatable bonds is 0. The zero-order valence-electron chi connectivity index (χ0n) is 8.23. The Hall–Kier alpha value is -1.87. The minimum atomic E-state index is -0.350. The molecule has 2 aromatic heterocycles. The summed E-state index contributed by atoms with van der Waals surface area (Å²) >= 11 is 2.99. The maximum absolute atomic E-state index is 11.6. The van der Waals surface area contributed by atoms with Gasteiger partial charge in [-0.3, -0.25) is 4.79 Å². The number of fused-ring (bicyclic) bond motifs is 1. The van der Waals surface area contributed by atoms with Crippen LogP contribution in [-0.2, 0) is 7.05 Å². The quantitative estimate of drug-likeness (QED) is 0.788. The van der Waals surface area contributed by atoms with Crippen molar-refractivity contribution in [2.24, 2.45) is 7.05 Å². The van der Waals surface area contributed by atoms with Crippen molar-refractivity contribution in [3.05, 3.63) is 32.7 Å². The van der Waals surface area contributed by atoms with Gasteiger partial charge >= 0.3 is 0 Å². The number of halogens is 1. The third kappa shape index (κ3) is 1.37. The summed E-state index contributed by atoms with van der Waals surface area (Å²) in [5, 5.41) is 18.5. The van der Waals surface area contributed by atoms with Crippen molar-refractivity contribution >= 4 is 27.0 Å². The van der Waals surface area contributed by atoms with Crippen molar-refractivity contribution in [3.63, 3.8) is 0 Å². The van der Waals surface area contributed by atoms with Crippen molar-refractivity contribution in [1.82, 2.24) is 9.55 Å². The minimum absolute atomic E-state index is 0.0464. The van der Waals surface area contributed by atoms with Crippen molar-refractivity contribution in [2.75, 3.05) is 0 Å². The maximum Gasteiger partial charge on any atom is 0.268 e. The molecule has 0 fully saturated rings. The number of aromatic hydroxyl groups is 1. The third-order valence-electron chi connectivity index (χ3n) is 2.27. The topological polar surface area (TPSA) is 78.9 Å². The first-order chi connectivity index (χ1) is 7.56. The molecule has 0 aromatic carbocycles. The number of hydrogen-bond donors (Lipinski definition) is 1. The van der Waals surface area contributed by atoms with Crippen LogP contribution in [0.15, 0.2) is 21.4 Å². The Labute approximate surface area is 98.7 Å². The van der Waals surface area contributed by atoms with Crippen LogP contribution < -0.4 is 5.56 Å². The summed E-state index contributed by atoms with van der Waals surface area (Å²) in [5.41, 5.74) is 0.544. The monoisotopic (exact) mass is 279 g/mol. The lowest BCUT2D eigenvalue weighted by Crippen LogP contribution is -2.18. The van der Waals surface area contributed by atoms with E-state index in [2.05, 4.69) is 20.9 Å². The van der Waals surface area contributed by atoms with Gasteiger partial charge in [-0.2, -0.15) is 5.26 Å². The molecule has 0 unspecified atom stereocenters. The molecule has 1 N–H and O–H groups in total. The van der Waals surface area contributed by atoms with Gasteiger partial charge in [0.15, 0.2) is 5.75 Å². The molecule has 6 heteroatoms. The Bertz CT molecular complexity index is 685. The number of hydrogen-bond acceptors (Lipinski definition) is 4. The predicted molar refractivity (Wildman–Crippen MR) is 61.1 cm³/mol. The highest BCUT2D eigenvalue weighted by molar-refractivity contribution is 9.10. The zero-order valence-corrected chi connectivity index (χ0v) is 9.82. The summed E-state index contributed by atoms with van der Waals surface area (Å²) < 4.78 is 1.40. The molecule has 2 heterocycles. The van der Waals surface area contributed by atoms with Gasteiger partial charge in [-0.05, 0) is 28.1 Å². The van der Waals surface area contributed by atoms with Gasteiger partial charge < -0.3 is 9.67 Å². The van der Waals surface area contributed by atoms with Crippen LogP contribution in [0.2, 0.25) is 0 Å². The van der Waals surface area contributed by atoms with Crippen molar-refractivity contribution < 1.29 is 5.11 Å². The standard InChI is InChI=1S/C10H6BrN3O2/c1-14-6-3-2-5(4-12)13-8(6)9(15)7(11)10(14)16/h2-3,15H,1H3. The molecular formula is C10H6BrN3O2. The second kappa shape index (κ2) is 3.61. The molecule has 0 amide bonds. The van der Waals surface area contributed by atoms with Crippen LogP contribution in [0.25, 0.3) is 11.0 Å². The summed E-state index contributed by atoms with van der Waals surface area (Å²) in [4.78, 5) is 15.6. The van der Waals surface area contributed by atoms with Crippen LogP contribution in [0.3, 0.4) is 0 Å². The minimum Gasteiger partial charge on any atom is -0.504 e. The van der Waals surface area contributed by atoms with E-state index in [1.54, 1.807) is 13.1 Å². The molecule has 0 radical (unpaired) electrons. The van der Waals surface area contributed by atoms with Crippen LogP contribution >= 0.6 is 15.9 Å². The molecule has 5 nitrogen and oxygen atoms in total. The lowest BCUT2D eigenvalue weighted by molar-refractivity contribution is 0.474. The molecule has 0 aliphatic carbocycles. The fraction of sp³-hybridized carbons (Fsp3) is 0.100. The second-order valence-electron chi connectivity index (χ2n) is 3.20. The summed E-state index contributed by atoms with van der Waals surface area (Å²) in [5.74, 6) is -0.241. The van der Waals surface area contributed by atoms with Crippen LogP contribution in [0.5, 0.6) is 5.75 Å². The molecule has 0 atom stereocenters. The third-order valence-corrected chi connectivity index (χ3v) is 2.99. The first-order valence-electron chi connectivity index (χ1n) is 4.34. The molecule has 0 aliphatic heterocycles. The van der Waals surface area contributed by atoms with Crippen molar-refractivity contribution in [3.8, 4) is 11.8 Å². The van der Waals surface area contributed by atoms with E-state index < -0.39 is 0 Å². The Balaban J connectivity index is 3.04. The van der Waals surface area contributed by atoms with Crippen LogP contribution in [0, 0.1) is 11.3 Å². The van der Waals surface area contributed by atoms with Gasteiger partial charge in [0.25, 0.3) is 5.56 Å². The Morgan fingerprint density at radius 2 is 2.25 bits per heavy atom. The molecule has 2 aromatic rings. The highest BCUT2D eigenvalue weighted by Gasteiger charge is 2.13. The second-order valence-corrected chi connectivity index (χ2v) is 4.00. The van der Waals surface area contributed by atoms with Crippen LogP contribution in [-0.4, -0.2) is 14.7 Å². The number of nitriles is 1. The average Bonchev–Trinajstić information content (AvgIpc) is 2.33. The molecule has 2 rings (SSSR count). The normalized spacial score (nSPS) is 10.3. The van der Waals surface area contributed by atoms with Gasteiger partial charge in [0.05, 0.1) is 5.52 Å². The average molecular weight is 280 g/mol. The van der Waals surface area contributed by atoms with Gasteiger partial charge in [0, 0.05) is 7.05 Å². The summed E-state index contributed by atoms with van der Waals surface area (Å²) in [6, 6.07) is 4.95. The zero-order chi connectivity index (χ0) is 11.9. The van der Waals surface area contributed by atoms with E-state index >= 15 is 0 Å². The van der Waals surface area contributed by atoms with E-state index in [9.17, 15) is 9.90 Å². The van der Waals surface area contributed by atoms with E-state index in [4.69, 9.17) is 5.26 Å². The van der Waals surface area contributed by atoms with E-state index in [1.165, 1.54) is 10.6 Å². The van der Waals surface area contributed by atoms with E-state index in [-0.39, 0.29) is 27.0 Å². The first kappa shape index (κ1) is 10.6. The Morgan fingerprint density at radius 3 is 2.88 bits per heavy atom. The van der Waals surface area contributed by atoms with Crippen molar-refractivity contribution in [1.29, 1.82) is 5.26 Å². The summed E-state index contributed by atoms with van der Waals surface area (Å²) in [7, 11) is 1.57. The number of aromatic nitrogens is 2. The Morgan fingerprint density at radius 1 is 1.56 bits per heavy atom. The Kier molecular flexibility index (Phi) is 2.40. The van der Waals surface area contributed by atoms with Gasteiger partial charge in [-0.15, -0.1) is 0 Å².